The van der Waals surface area contributed by atoms with Gasteiger partial charge in [0.15, 0.2) is 0 Å². The molecule has 3 nitrogen and oxygen atoms in total. The smallest absolute Gasteiger partial charge is 0.306 e. The first-order chi connectivity index (χ1) is 5.20. The minimum absolute atomic E-state index is 0.0973. The number of nitrogens with zero attached hydrogens (tertiary/aromatic N) is 1. The van der Waals surface area contributed by atoms with Crippen LogP contribution >= 0.6 is 0 Å². The molecule has 0 aromatic rings. The molecule has 0 spiro atoms. The number of likely N-dealkylation sites (tertiary alicyclic amines) is 1. The molecule has 0 aromatic heterocycles. The third-order valence-electron chi connectivity index (χ3n) is 2.30. The molecule has 1 atom stereocenters. The SMILES string of the molecule is CN1CCCC(C(=O)O)CC1. The summed E-state index contributed by atoms with van der Waals surface area (Å²) < 4.78 is 0. The largest absolute Gasteiger partial charge is 0.481 e. The molecule has 11 heavy (non-hydrogen) atoms. The number of rotatable bonds is 1. The highest BCUT2D eigenvalue weighted by atomic mass is 16.4. The van der Waals surface area contributed by atoms with Crippen LogP contribution in [0.2, 0.25) is 0 Å². The summed E-state index contributed by atoms with van der Waals surface area (Å²) in [6, 6.07) is 0. The number of aliphatic carboxylic acids is 1. The van der Waals surface area contributed by atoms with Gasteiger partial charge >= 0.3 is 5.97 Å². The van der Waals surface area contributed by atoms with Crippen LogP contribution in [0.3, 0.4) is 0 Å². The average molecular weight is 157 g/mol. The van der Waals surface area contributed by atoms with E-state index in [1.165, 1.54) is 0 Å². The maximum Gasteiger partial charge on any atom is 0.306 e. The summed E-state index contributed by atoms with van der Waals surface area (Å²) in [6.45, 7) is 1.97. The van der Waals surface area contributed by atoms with Crippen molar-refractivity contribution in [3.8, 4) is 0 Å². The highest BCUT2D eigenvalue weighted by molar-refractivity contribution is 5.69. The van der Waals surface area contributed by atoms with Gasteiger partial charge in [-0.2, -0.15) is 0 Å². The molecule has 1 rings (SSSR count). The quantitative estimate of drug-likeness (QED) is 0.612. The molecular formula is C8H15NO2. The Morgan fingerprint density at radius 3 is 2.82 bits per heavy atom. The van der Waals surface area contributed by atoms with Crippen LogP contribution in [-0.2, 0) is 4.79 Å². The van der Waals surface area contributed by atoms with Crippen LogP contribution < -0.4 is 0 Å². The number of carboxylic acids is 1. The molecule has 3 heteroatoms. The molecule has 1 saturated heterocycles. The summed E-state index contributed by atoms with van der Waals surface area (Å²) in [7, 11) is 2.05. The molecule has 0 saturated carbocycles. The second-order valence-corrected chi connectivity index (χ2v) is 3.27. The van der Waals surface area contributed by atoms with Crippen molar-refractivity contribution < 1.29 is 9.90 Å². The molecule has 0 radical (unpaired) electrons. The first-order valence-corrected chi connectivity index (χ1v) is 4.11. The fourth-order valence-corrected chi connectivity index (χ4v) is 1.49. The van der Waals surface area contributed by atoms with Gasteiger partial charge in [0.25, 0.3) is 0 Å². The van der Waals surface area contributed by atoms with E-state index < -0.39 is 5.97 Å². The summed E-state index contributed by atoms with van der Waals surface area (Å²) in [5, 5.41) is 8.73. The lowest BCUT2D eigenvalue weighted by molar-refractivity contribution is -0.142. The molecule has 0 aliphatic carbocycles. The lowest BCUT2D eigenvalue weighted by Crippen LogP contribution is -2.20. The third-order valence-corrected chi connectivity index (χ3v) is 2.30. The van der Waals surface area contributed by atoms with Crippen LogP contribution in [0.4, 0.5) is 0 Å². The lowest BCUT2D eigenvalue weighted by atomic mass is 10.0. The van der Waals surface area contributed by atoms with Crippen molar-refractivity contribution in [1.29, 1.82) is 0 Å². The summed E-state index contributed by atoms with van der Waals surface area (Å²) in [4.78, 5) is 12.8. The van der Waals surface area contributed by atoms with Crippen molar-refractivity contribution in [2.45, 2.75) is 19.3 Å². The Bertz CT molecular complexity index is 147. The summed E-state index contributed by atoms with van der Waals surface area (Å²) in [5.41, 5.74) is 0. The van der Waals surface area contributed by atoms with Crippen LogP contribution in [-0.4, -0.2) is 36.1 Å². The standard InChI is InChI=1S/C8H15NO2/c1-9-5-2-3-7(4-6-9)8(10)11/h7H,2-6H2,1H3,(H,10,11). The van der Waals surface area contributed by atoms with E-state index in [0.717, 1.165) is 32.4 Å². The zero-order valence-electron chi connectivity index (χ0n) is 6.92. The maximum absolute atomic E-state index is 10.6. The van der Waals surface area contributed by atoms with Gasteiger partial charge in [-0.05, 0) is 39.4 Å². The topological polar surface area (TPSA) is 40.5 Å². The van der Waals surface area contributed by atoms with Crippen LogP contribution in [0, 0.1) is 5.92 Å². The van der Waals surface area contributed by atoms with Gasteiger partial charge in [0.2, 0.25) is 0 Å². The summed E-state index contributed by atoms with van der Waals surface area (Å²) in [5.74, 6) is -0.722. The van der Waals surface area contributed by atoms with E-state index in [9.17, 15) is 4.79 Å². The van der Waals surface area contributed by atoms with E-state index in [2.05, 4.69) is 4.90 Å². The van der Waals surface area contributed by atoms with Crippen molar-refractivity contribution >= 4 is 5.97 Å². The van der Waals surface area contributed by atoms with Crippen molar-refractivity contribution in [3.63, 3.8) is 0 Å². The van der Waals surface area contributed by atoms with E-state index in [0.29, 0.717) is 0 Å². The Labute approximate surface area is 67.0 Å². The minimum atomic E-state index is -0.625. The van der Waals surface area contributed by atoms with Crippen molar-refractivity contribution in [2.75, 3.05) is 20.1 Å². The first-order valence-electron chi connectivity index (χ1n) is 4.11. The van der Waals surface area contributed by atoms with E-state index in [1.54, 1.807) is 0 Å². The molecular weight excluding hydrogens is 142 g/mol. The van der Waals surface area contributed by atoms with Gasteiger partial charge < -0.3 is 10.0 Å². The number of carbonyl (C=O) groups is 1. The van der Waals surface area contributed by atoms with E-state index in [4.69, 9.17) is 5.11 Å². The lowest BCUT2D eigenvalue weighted by Gasteiger charge is -2.11. The van der Waals surface area contributed by atoms with E-state index in [1.807, 2.05) is 7.05 Å². The zero-order chi connectivity index (χ0) is 8.27. The number of hydrogen-bond donors (Lipinski definition) is 1. The second-order valence-electron chi connectivity index (χ2n) is 3.27. The molecule has 1 fully saturated rings. The Morgan fingerprint density at radius 1 is 1.45 bits per heavy atom. The Balaban J connectivity index is 2.40. The molecule has 1 unspecified atom stereocenters. The fourth-order valence-electron chi connectivity index (χ4n) is 1.49. The van der Waals surface area contributed by atoms with Crippen molar-refractivity contribution in [3.05, 3.63) is 0 Å². The van der Waals surface area contributed by atoms with Crippen molar-refractivity contribution in [2.24, 2.45) is 5.92 Å². The van der Waals surface area contributed by atoms with E-state index >= 15 is 0 Å². The number of hydrogen-bond acceptors (Lipinski definition) is 2. The highest BCUT2D eigenvalue weighted by Crippen LogP contribution is 2.16. The third kappa shape index (κ3) is 2.50. The Kier molecular flexibility index (Phi) is 2.88. The average Bonchev–Trinajstić information content (AvgIpc) is 2.13. The molecule has 1 aliphatic heterocycles. The minimum Gasteiger partial charge on any atom is -0.481 e. The van der Waals surface area contributed by atoms with Crippen molar-refractivity contribution in [1.82, 2.24) is 4.90 Å². The maximum atomic E-state index is 10.6. The number of carboxylic acid groups (broad SMARTS) is 1. The predicted molar refractivity (Wildman–Crippen MR) is 42.5 cm³/mol. The van der Waals surface area contributed by atoms with Crippen LogP contribution in [0.1, 0.15) is 19.3 Å². The zero-order valence-corrected chi connectivity index (χ0v) is 6.92. The van der Waals surface area contributed by atoms with Gasteiger partial charge in [0.05, 0.1) is 5.92 Å². The first kappa shape index (κ1) is 8.53. The second kappa shape index (κ2) is 3.72. The normalized spacial score (nSPS) is 27.9. The summed E-state index contributed by atoms with van der Waals surface area (Å²) in [6.07, 6.45) is 2.68. The Morgan fingerprint density at radius 2 is 2.18 bits per heavy atom. The molecule has 0 amide bonds. The van der Waals surface area contributed by atoms with Gasteiger partial charge in [-0.1, -0.05) is 0 Å². The molecule has 64 valence electrons. The fraction of sp³-hybridized carbons (Fsp3) is 0.875. The van der Waals surface area contributed by atoms with Gasteiger partial charge in [0, 0.05) is 0 Å². The van der Waals surface area contributed by atoms with Crippen LogP contribution in [0.5, 0.6) is 0 Å². The molecule has 0 aromatic carbocycles. The van der Waals surface area contributed by atoms with E-state index in [-0.39, 0.29) is 5.92 Å². The monoisotopic (exact) mass is 157 g/mol. The Hall–Kier alpha value is -0.570. The molecule has 1 N–H and O–H groups in total. The van der Waals surface area contributed by atoms with Gasteiger partial charge in [-0.15, -0.1) is 0 Å². The highest BCUT2D eigenvalue weighted by Gasteiger charge is 2.20. The van der Waals surface area contributed by atoms with Gasteiger partial charge in [-0.25, -0.2) is 0 Å². The predicted octanol–water partition coefficient (Wildman–Crippen LogP) is 0.803. The summed E-state index contributed by atoms with van der Waals surface area (Å²) >= 11 is 0. The van der Waals surface area contributed by atoms with Crippen LogP contribution in [0.15, 0.2) is 0 Å². The van der Waals surface area contributed by atoms with Gasteiger partial charge in [-0.3, -0.25) is 4.79 Å². The van der Waals surface area contributed by atoms with Crippen LogP contribution in [0.25, 0.3) is 0 Å². The molecule has 1 aliphatic rings. The van der Waals surface area contributed by atoms with Gasteiger partial charge in [0.1, 0.15) is 0 Å². The molecule has 0 bridgehead atoms. The molecule has 1 heterocycles.